The molecule has 2 aromatic rings. The molecule has 1 saturated heterocycles. The van der Waals surface area contributed by atoms with E-state index in [0.29, 0.717) is 17.9 Å². The molecule has 1 fully saturated rings. The quantitative estimate of drug-likeness (QED) is 0.186. The number of nitrogens with two attached hydrogens (primary N) is 1. The highest BCUT2D eigenvalue weighted by Gasteiger charge is 2.54. The second kappa shape index (κ2) is 9.30. The Labute approximate surface area is 207 Å². The Morgan fingerprint density at radius 3 is 2.97 bits per heavy atom. The van der Waals surface area contributed by atoms with Crippen molar-refractivity contribution in [1.29, 1.82) is 0 Å². The van der Waals surface area contributed by atoms with Gasteiger partial charge in [-0.25, -0.2) is 14.3 Å². The molecule has 0 saturated carbocycles. The maximum Gasteiger partial charge on any atom is 0.352 e. The lowest BCUT2D eigenvalue weighted by molar-refractivity contribution is -0.697. The molecule has 0 aromatic carbocycles. The number of amides is 2. The molecular formula is C20H23N8O5S2+. The van der Waals surface area contributed by atoms with Crippen molar-refractivity contribution in [3.63, 3.8) is 0 Å². The molecule has 0 radical (unpaired) electrons. The van der Waals surface area contributed by atoms with E-state index in [4.69, 9.17) is 10.6 Å². The minimum Gasteiger partial charge on any atom is -0.477 e. The number of fused-ring (bicyclic) bond motifs is 2. The molecular weight excluding hydrogens is 496 g/mol. The number of rotatable bonds is 7. The topological polar surface area (TPSA) is 169 Å². The van der Waals surface area contributed by atoms with Crippen LogP contribution < -0.4 is 15.6 Å². The van der Waals surface area contributed by atoms with Crippen LogP contribution in [0.15, 0.2) is 28.1 Å². The van der Waals surface area contributed by atoms with Crippen LogP contribution in [-0.4, -0.2) is 72.5 Å². The average Bonchev–Trinajstić information content (AvgIpc) is 3.46. The Hall–Kier alpha value is -3.46. The molecule has 0 aliphatic carbocycles. The summed E-state index contributed by atoms with van der Waals surface area (Å²) in [7, 11) is 1.29. The standard InChI is InChI=1S/C20H22N8O5S2/c1-33-25-13(11-8-35-20(21)23-11)16(29)24-14-17(30)28-15(19(31)32)10(7-34-18(14)28)6-26-9-22-27-5-3-2-4-12(26)27/h8-9,14,18H,2-7H2,1H3,(H3-,21,23,24,29,31,32)/p+1/b25-13-/t14-,18-/m1/s1. The van der Waals surface area contributed by atoms with Gasteiger partial charge < -0.3 is 21.0 Å². The fourth-order valence-corrected chi connectivity index (χ4v) is 6.34. The molecule has 13 nitrogen and oxygen atoms in total. The number of aliphatic carboxylic acids is 1. The SMILES string of the molecule is CO/N=C(\C(=O)N[C@@H]1C(=O)N2C(C(=O)O)=C(C[n+]3cnn4c3CCCC4)CS[C@H]12)c1csc(N)n1. The van der Waals surface area contributed by atoms with Crippen LogP contribution in [0.5, 0.6) is 0 Å². The molecule has 3 aliphatic heterocycles. The lowest BCUT2D eigenvalue weighted by Gasteiger charge is -2.49. The Morgan fingerprint density at radius 1 is 1.43 bits per heavy atom. The number of aromatic nitrogens is 4. The number of β-lactam (4-membered cyclic amide) rings is 1. The summed E-state index contributed by atoms with van der Waals surface area (Å²) in [6.07, 6.45) is 4.71. The van der Waals surface area contributed by atoms with Gasteiger partial charge in [-0.15, -0.1) is 27.8 Å². The molecule has 3 aliphatic rings. The molecule has 2 atom stereocenters. The van der Waals surface area contributed by atoms with Crippen LogP contribution in [0.1, 0.15) is 24.4 Å². The molecule has 2 aromatic heterocycles. The zero-order valence-electron chi connectivity index (χ0n) is 18.7. The minimum absolute atomic E-state index is 0.0365. The van der Waals surface area contributed by atoms with Gasteiger partial charge in [0, 0.05) is 28.2 Å². The first-order valence-corrected chi connectivity index (χ1v) is 12.8. The molecule has 2 amide bonds. The second-order valence-corrected chi connectivity index (χ2v) is 10.2. The molecule has 4 N–H and O–H groups in total. The number of hydrogen-bond acceptors (Lipinski definition) is 10. The third-order valence-corrected chi connectivity index (χ3v) is 8.05. The van der Waals surface area contributed by atoms with Crippen molar-refractivity contribution < 1.29 is 28.9 Å². The van der Waals surface area contributed by atoms with Crippen LogP contribution in [0.2, 0.25) is 0 Å². The van der Waals surface area contributed by atoms with E-state index < -0.39 is 29.2 Å². The van der Waals surface area contributed by atoms with Gasteiger partial charge in [0.25, 0.3) is 18.1 Å². The Balaban J connectivity index is 1.35. The van der Waals surface area contributed by atoms with Crippen LogP contribution in [0.3, 0.4) is 0 Å². The molecule has 15 heteroatoms. The van der Waals surface area contributed by atoms with Crippen LogP contribution in [-0.2, 0) is 38.7 Å². The predicted octanol–water partition coefficient (Wildman–Crippen LogP) is -0.665. The Bertz CT molecular complexity index is 1270. The number of carboxylic acid groups (broad SMARTS) is 1. The average molecular weight is 520 g/mol. The summed E-state index contributed by atoms with van der Waals surface area (Å²) in [4.78, 5) is 48.1. The largest absolute Gasteiger partial charge is 0.477 e. The molecule has 5 rings (SSSR count). The first-order valence-electron chi connectivity index (χ1n) is 10.9. The number of thiazole rings is 1. The van der Waals surface area contributed by atoms with Crippen molar-refractivity contribution in [2.75, 3.05) is 18.6 Å². The number of thioether (sulfide) groups is 1. The number of carbonyl (C=O) groups is 3. The smallest absolute Gasteiger partial charge is 0.352 e. The highest BCUT2D eigenvalue weighted by Crippen LogP contribution is 2.40. The number of nitrogens with one attached hydrogen (secondary N) is 1. The third kappa shape index (κ3) is 4.14. The van der Waals surface area contributed by atoms with Crippen LogP contribution >= 0.6 is 23.1 Å². The Morgan fingerprint density at radius 2 is 2.26 bits per heavy atom. The lowest BCUT2D eigenvalue weighted by atomic mass is 10.0. The summed E-state index contributed by atoms with van der Waals surface area (Å²) in [5.74, 6) is -0.883. The fourth-order valence-electron chi connectivity index (χ4n) is 4.45. The zero-order chi connectivity index (χ0) is 24.7. The second-order valence-electron chi connectivity index (χ2n) is 8.17. The first kappa shape index (κ1) is 23.3. The van der Waals surface area contributed by atoms with Crippen LogP contribution in [0.25, 0.3) is 0 Å². The van der Waals surface area contributed by atoms with Gasteiger partial charge in [0.2, 0.25) is 5.82 Å². The maximum atomic E-state index is 13.0. The van der Waals surface area contributed by atoms with Gasteiger partial charge in [0.05, 0.1) is 6.54 Å². The van der Waals surface area contributed by atoms with Gasteiger partial charge in [0.1, 0.15) is 36.5 Å². The number of carboxylic acids is 1. The molecule has 184 valence electrons. The van der Waals surface area contributed by atoms with Crippen molar-refractivity contribution in [2.45, 2.75) is 43.8 Å². The number of nitrogens with zero attached hydrogens (tertiary/aromatic N) is 6. The highest BCUT2D eigenvalue weighted by atomic mass is 32.2. The van der Waals surface area contributed by atoms with Crippen LogP contribution in [0.4, 0.5) is 5.13 Å². The summed E-state index contributed by atoms with van der Waals surface area (Å²) < 4.78 is 3.90. The van der Waals surface area contributed by atoms with E-state index in [1.807, 2.05) is 9.25 Å². The van der Waals surface area contributed by atoms with Gasteiger partial charge in [-0.2, -0.15) is 0 Å². The van der Waals surface area contributed by atoms with Gasteiger partial charge >= 0.3 is 5.97 Å². The first-order chi connectivity index (χ1) is 16.9. The van der Waals surface area contributed by atoms with Crippen molar-refractivity contribution in [3.05, 3.63) is 34.5 Å². The van der Waals surface area contributed by atoms with Crippen LogP contribution in [0, 0.1) is 0 Å². The molecule has 5 heterocycles. The summed E-state index contributed by atoms with van der Waals surface area (Å²) in [6.45, 7) is 1.19. The van der Waals surface area contributed by atoms with Crippen molar-refractivity contribution in [3.8, 4) is 0 Å². The number of nitrogen functional groups attached to an aromatic ring is 1. The Kier molecular flexibility index (Phi) is 6.19. The monoisotopic (exact) mass is 519 g/mol. The van der Waals surface area contributed by atoms with E-state index in [2.05, 4.69) is 20.6 Å². The predicted molar refractivity (Wildman–Crippen MR) is 125 cm³/mol. The van der Waals surface area contributed by atoms with E-state index >= 15 is 0 Å². The summed E-state index contributed by atoms with van der Waals surface area (Å²) in [5, 5.41) is 22.0. The fraction of sp³-hybridized carbons (Fsp3) is 0.450. The zero-order valence-corrected chi connectivity index (χ0v) is 20.3. The number of anilines is 1. The van der Waals surface area contributed by atoms with E-state index in [1.54, 1.807) is 11.7 Å². The number of aryl methyl sites for hydroxylation is 1. The third-order valence-electron chi connectivity index (χ3n) is 6.04. The van der Waals surface area contributed by atoms with E-state index in [0.717, 1.165) is 43.0 Å². The number of hydrogen-bond donors (Lipinski definition) is 3. The molecule has 0 spiro atoms. The normalized spacial score (nSPS) is 21.8. The summed E-state index contributed by atoms with van der Waals surface area (Å²) >= 11 is 2.54. The van der Waals surface area contributed by atoms with Crippen molar-refractivity contribution in [1.82, 2.24) is 25.0 Å². The molecule has 35 heavy (non-hydrogen) atoms. The minimum atomic E-state index is -1.18. The van der Waals surface area contributed by atoms with Gasteiger partial charge in [0.15, 0.2) is 10.8 Å². The molecule has 0 bridgehead atoms. The van der Waals surface area contributed by atoms with Crippen molar-refractivity contribution in [2.24, 2.45) is 5.16 Å². The summed E-state index contributed by atoms with van der Waals surface area (Å²) in [5.41, 5.74) is 6.35. The number of oxime groups is 1. The molecule has 0 unspecified atom stereocenters. The van der Waals surface area contributed by atoms with Gasteiger partial charge in [-0.3, -0.25) is 14.5 Å². The lowest BCUT2D eigenvalue weighted by Crippen LogP contribution is -2.71. The number of carbonyl (C=O) groups excluding carboxylic acids is 2. The van der Waals surface area contributed by atoms with Gasteiger partial charge in [-0.05, 0) is 12.8 Å². The van der Waals surface area contributed by atoms with E-state index in [1.165, 1.54) is 23.8 Å². The van der Waals surface area contributed by atoms with E-state index in [-0.39, 0.29) is 22.2 Å². The maximum absolute atomic E-state index is 13.0. The highest BCUT2D eigenvalue weighted by molar-refractivity contribution is 8.00. The van der Waals surface area contributed by atoms with E-state index in [9.17, 15) is 19.5 Å². The summed E-state index contributed by atoms with van der Waals surface area (Å²) in [6, 6.07) is -0.905. The van der Waals surface area contributed by atoms with Gasteiger partial charge in [-0.1, -0.05) is 5.16 Å². The van der Waals surface area contributed by atoms with Crippen molar-refractivity contribution >= 4 is 51.7 Å².